The number of aromatic nitrogens is 1. The number of pyridine rings is 1. The molecule has 2 fully saturated rings. The van der Waals surface area contributed by atoms with Crippen molar-refractivity contribution in [2.24, 2.45) is 0 Å². The third-order valence-corrected chi connectivity index (χ3v) is 6.90. The van der Waals surface area contributed by atoms with Gasteiger partial charge >= 0.3 is 0 Å². The van der Waals surface area contributed by atoms with Gasteiger partial charge in [-0.05, 0) is 61.3 Å². The number of nitrogens with one attached hydrogen (secondary N) is 2. The second kappa shape index (κ2) is 10.6. The van der Waals surface area contributed by atoms with Gasteiger partial charge in [-0.1, -0.05) is 6.07 Å². The maximum absolute atomic E-state index is 12.9. The molecule has 0 radical (unpaired) electrons. The van der Waals surface area contributed by atoms with E-state index in [1.165, 1.54) is 0 Å². The van der Waals surface area contributed by atoms with E-state index in [4.69, 9.17) is 4.74 Å². The lowest BCUT2D eigenvalue weighted by Crippen LogP contribution is -2.52. The van der Waals surface area contributed by atoms with Crippen LogP contribution in [0, 0.1) is 0 Å². The summed E-state index contributed by atoms with van der Waals surface area (Å²) in [6, 6.07) is 9.20. The number of ether oxygens (including phenoxy) is 1. The summed E-state index contributed by atoms with van der Waals surface area (Å²) in [5.74, 6) is -0.839. The van der Waals surface area contributed by atoms with Crippen molar-refractivity contribution in [2.75, 3.05) is 39.4 Å². The van der Waals surface area contributed by atoms with Crippen LogP contribution in [0.15, 0.2) is 36.5 Å². The van der Waals surface area contributed by atoms with Crippen molar-refractivity contribution in [3.8, 4) is 11.3 Å². The van der Waals surface area contributed by atoms with Gasteiger partial charge in [-0.3, -0.25) is 29.6 Å². The fourth-order valence-corrected chi connectivity index (χ4v) is 4.96. The molecular formula is C26H31N5O4. The van der Waals surface area contributed by atoms with Crippen molar-refractivity contribution in [1.29, 1.82) is 0 Å². The van der Waals surface area contributed by atoms with E-state index >= 15 is 0 Å². The molecule has 35 heavy (non-hydrogen) atoms. The van der Waals surface area contributed by atoms with Gasteiger partial charge < -0.3 is 15.0 Å². The lowest BCUT2D eigenvalue weighted by Gasteiger charge is -2.29. The fraction of sp³-hybridized carbons (Fsp3) is 0.462. The van der Waals surface area contributed by atoms with Crippen molar-refractivity contribution >= 4 is 17.7 Å². The van der Waals surface area contributed by atoms with Crippen LogP contribution in [0.1, 0.15) is 40.7 Å². The maximum Gasteiger partial charge on any atom is 0.255 e. The van der Waals surface area contributed by atoms with Crippen LogP contribution < -0.4 is 10.6 Å². The van der Waals surface area contributed by atoms with Crippen LogP contribution >= 0.6 is 0 Å². The molecule has 3 aliphatic heterocycles. The molecule has 0 bridgehead atoms. The second-order valence-corrected chi connectivity index (χ2v) is 9.31. The number of nitrogens with zero attached hydrogens (tertiary/aromatic N) is 3. The minimum absolute atomic E-state index is 0.163. The van der Waals surface area contributed by atoms with E-state index in [9.17, 15) is 14.4 Å². The van der Waals surface area contributed by atoms with Gasteiger partial charge in [0.15, 0.2) is 0 Å². The number of carbonyl (C=O) groups is 3. The highest BCUT2D eigenvalue weighted by molar-refractivity contribution is 6.05. The number of piperidine rings is 1. The molecule has 2 saturated heterocycles. The van der Waals surface area contributed by atoms with Crippen LogP contribution in [0.5, 0.6) is 0 Å². The van der Waals surface area contributed by atoms with Gasteiger partial charge in [-0.2, -0.15) is 0 Å². The number of hydrogen-bond donors (Lipinski definition) is 2. The van der Waals surface area contributed by atoms with Crippen LogP contribution in [-0.4, -0.2) is 77.9 Å². The Balaban J connectivity index is 1.19. The number of amides is 3. The first-order chi connectivity index (χ1) is 17.1. The summed E-state index contributed by atoms with van der Waals surface area (Å²) in [6.45, 7) is 6.87. The normalized spacial score (nSPS) is 20.7. The molecule has 0 aliphatic carbocycles. The third kappa shape index (κ3) is 5.42. The Morgan fingerprint density at radius 2 is 1.97 bits per heavy atom. The topological polar surface area (TPSA) is 104 Å². The monoisotopic (exact) mass is 477 g/mol. The molecular weight excluding hydrogens is 446 g/mol. The lowest BCUT2D eigenvalue weighted by atomic mass is 10.0. The van der Waals surface area contributed by atoms with Crippen molar-refractivity contribution in [2.45, 2.75) is 38.4 Å². The molecule has 3 aliphatic rings. The Hall–Kier alpha value is -3.14. The summed E-state index contributed by atoms with van der Waals surface area (Å²) in [7, 11) is 0. The highest BCUT2D eigenvalue weighted by Gasteiger charge is 2.39. The zero-order valence-electron chi connectivity index (χ0n) is 19.8. The largest absolute Gasteiger partial charge is 0.379 e. The highest BCUT2D eigenvalue weighted by Crippen LogP contribution is 2.30. The van der Waals surface area contributed by atoms with E-state index in [0.29, 0.717) is 18.5 Å². The average molecular weight is 478 g/mol. The summed E-state index contributed by atoms with van der Waals surface area (Å²) >= 11 is 0. The van der Waals surface area contributed by atoms with E-state index in [2.05, 4.69) is 26.6 Å². The molecule has 0 saturated carbocycles. The molecule has 3 amide bonds. The van der Waals surface area contributed by atoms with Crippen LogP contribution in [0.25, 0.3) is 11.3 Å². The minimum Gasteiger partial charge on any atom is -0.379 e. The number of carbonyl (C=O) groups excluding carboxylic acids is 3. The molecule has 1 aromatic carbocycles. The highest BCUT2D eigenvalue weighted by atomic mass is 16.5. The predicted molar refractivity (Wildman–Crippen MR) is 129 cm³/mol. The minimum atomic E-state index is -0.605. The lowest BCUT2D eigenvalue weighted by molar-refractivity contribution is -0.136. The smallest absolute Gasteiger partial charge is 0.255 e. The van der Waals surface area contributed by atoms with E-state index in [-0.39, 0.29) is 18.2 Å². The van der Waals surface area contributed by atoms with E-state index in [1.54, 1.807) is 4.90 Å². The number of benzene rings is 1. The zero-order valence-corrected chi connectivity index (χ0v) is 19.8. The van der Waals surface area contributed by atoms with Gasteiger partial charge in [0.1, 0.15) is 6.04 Å². The molecule has 4 heterocycles. The van der Waals surface area contributed by atoms with E-state index in [1.807, 2.05) is 30.5 Å². The predicted octanol–water partition coefficient (Wildman–Crippen LogP) is 1.32. The average Bonchev–Trinajstić information content (AvgIpc) is 3.20. The van der Waals surface area contributed by atoms with Crippen LogP contribution in [0.4, 0.5) is 0 Å². The van der Waals surface area contributed by atoms with Crippen LogP contribution in [0.3, 0.4) is 0 Å². The molecule has 1 aromatic heterocycles. The van der Waals surface area contributed by atoms with Crippen molar-refractivity contribution < 1.29 is 19.1 Å². The number of fused-ring (bicyclic) bond motifs is 1. The summed E-state index contributed by atoms with van der Waals surface area (Å²) in [5, 5.41) is 5.86. The molecule has 2 aromatic rings. The molecule has 5 rings (SSSR count). The molecule has 2 N–H and O–H groups in total. The summed E-state index contributed by atoms with van der Waals surface area (Å²) in [5.41, 5.74) is 4.44. The van der Waals surface area contributed by atoms with Crippen molar-refractivity contribution in [1.82, 2.24) is 25.4 Å². The fourth-order valence-electron chi connectivity index (χ4n) is 4.96. The SMILES string of the molecule is O=C1CCC(N2Cc3cc(-c4cc(CNCCCN5CCOCC5)ccn4)ccc3C2=O)C(=O)N1. The third-order valence-electron chi connectivity index (χ3n) is 6.90. The van der Waals surface area contributed by atoms with Gasteiger partial charge in [-0.15, -0.1) is 0 Å². The molecule has 9 nitrogen and oxygen atoms in total. The summed E-state index contributed by atoms with van der Waals surface area (Å²) in [4.78, 5) is 45.2. The Labute approximate surface area is 204 Å². The molecule has 1 unspecified atom stereocenters. The Kier molecular flexibility index (Phi) is 7.17. The number of imide groups is 1. The Morgan fingerprint density at radius 1 is 1.11 bits per heavy atom. The first-order valence-corrected chi connectivity index (χ1v) is 12.3. The van der Waals surface area contributed by atoms with Crippen LogP contribution in [-0.2, 0) is 27.4 Å². The number of hydrogen-bond acceptors (Lipinski definition) is 7. The van der Waals surface area contributed by atoms with Gasteiger partial charge in [0.25, 0.3) is 5.91 Å². The Morgan fingerprint density at radius 3 is 2.80 bits per heavy atom. The van der Waals surface area contributed by atoms with Gasteiger partial charge in [0.2, 0.25) is 11.8 Å². The Bertz CT molecular complexity index is 1110. The number of rotatable bonds is 8. The molecule has 184 valence electrons. The van der Waals surface area contributed by atoms with Gasteiger partial charge in [0.05, 0.1) is 18.9 Å². The molecule has 0 spiro atoms. The second-order valence-electron chi connectivity index (χ2n) is 9.31. The van der Waals surface area contributed by atoms with E-state index in [0.717, 1.165) is 74.7 Å². The molecule has 1 atom stereocenters. The van der Waals surface area contributed by atoms with Crippen LogP contribution in [0.2, 0.25) is 0 Å². The zero-order chi connectivity index (χ0) is 24.2. The summed E-state index contributed by atoms with van der Waals surface area (Å²) in [6.07, 6.45) is 3.52. The quantitative estimate of drug-likeness (QED) is 0.437. The standard InChI is InChI=1S/C26H31N5O4/c32-24-5-4-23(25(33)29-24)31-17-20-15-19(2-3-21(20)26(31)34)22-14-18(6-8-28-22)16-27-7-1-9-30-10-12-35-13-11-30/h2-3,6,8,14-15,23,27H,1,4-5,7,9-13,16-17H2,(H,29,32,33). The van der Waals surface area contributed by atoms with Gasteiger partial charge in [0, 0.05) is 49.9 Å². The van der Waals surface area contributed by atoms with Gasteiger partial charge in [-0.25, -0.2) is 0 Å². The van der Waals surface area contributed by atoms with Crippen molar-refractivity contribution in [3.05, 3.63) is 53.2 Å². The molecule has 9 heteroatoms. The number of morpholine rings is 1. The van der Waals surface area contributed by atoms with E-state index < -0.39 is 11.9 Å². The first kappa shape index (κ1) is 23.6. The summed E-state index contributed by atoms with van der Waals surface area (Å²) < 4.78 is 5.39. The first-order valence-electron chi connectivity index (χ1n) is 12.3. The van der Waals surface area contributed by atoms with Crippen molar-refractivity contribution in [3.63, 3.8) is 0 Å². The maximum atomic E-state index is 12.9.